The Balaban J connectivity index is 2.51. The summed E-state index contributed by atoms with van der Waals surface area (Å²) in [7, 11) is 0.327. The monoisotopic (exact) mass is 172 g/mol. The molecule has 66 valence electrons. The highest BCUT2D eigenvalue weighted by molar-refractivity contribution is 7.56. The van der Waals surface area contributed by atoms with Crippen LogP contribution in [0.3, 0.4) is 0 Å². The first-order valence-corrected chi connectivity index (χ1v) is 7.10. The van der Waals surface area contributed by atoms with Crippen LogP contribution in [0.4, 0.5) is 0 Å². The van der Waals surface area contributed by atoms with Crippen molar-refractivity contribution >= 4 is 7.92 Å². The zero-order valence-corrected chi connectivity index (χ0v) is 9.20. The predicted octanol–water partition coefficient (Wildman–Crippen LogP) is 3.55. The summed E-state index contributed by atoms with van der Waals surface area (Å²) in [5.74, 6) is 1.98. The van der Waals surface area contributed by atoms with Crippen LogP contribution in [0.1, 0.15) is 33.1 Å². The number of rotatable bonds is 2. The summed E-state index contributed by atoms with van der Waals surface area (Å²) < 4.78 is 0. The summed E-state index contributed by atoms with van der Waals surface area (Å²) in [4.78, 5) is 0. The van der Waals surface area contributed by atoms with Gasteiger partial charge in [0.15, 0.2) is 0 Å². The minimum atomic E-state index is 0.327. The van der Waals surface area contributed by atoms with Gasteiger partial charge in [0.05, 0.1) is 0 Å². The fourth-order valence-corrected chi connectivity index (χ4v) is 4.35. The van der Waals surface area contributed by atoms with Crippen LogP contribution in [-0.4, -0.2) is 19.0 Å². The van der Waals surface area contributed by atoms with Crippen LogP contribution in [0, 0.1) is 11.8 Å². The molecule has 1 heteroatoms. The van der Waals surface area contributed by atoms with E-state index in [-0.39, 0.29) is 0 Å². The van der Waals surface area contributed by atoms with E-state index in [9.17, 15) is 0 Å². The van der Waals surface area contributed by atoms with Crippen molar-refractivity contribution in [2.45, 2.75) is 38.8 Å². The van der Waals surface area contributed by atoms with Gasteiger partial charge in [-0.1, -0.05) is 20.3 Å². The first-order valence-electron chi connectivity index (χ1n) is 4.79. The fourth-order valence-electron chi connectivity index (χ4n) is 2.39. The van der Waals surface area contributed by atoms with E-state index in [2.05, 4.69) is 27.2 Å². The maximum Gasteiger partial charge on any atom is -0.0183 e. The topological polar surface area (TPSA) is 0 Å². The molecule has 0 aliphatic heterocycles. The van der Waals surface area contributed by atoms with Crippen molar-refractivity contribution in [2.75, 3.05) is 13.3 Å². The largest absolute Gasteiger partial charge is 0.110 e. The molecule has 1 fully saturated rings. The highest BCUT2D eigenvalue weighted by atomic mass is 31.1. The summed E-state index contributed by atoms with van der Waals surface area (Å²) in [6, 6.07) is 0. The van der Waals surface area contributed by atoms with Crippen LogP contribution in [0.5, 0.6) is 0 Å². The lowest BCUT2D eigenvalue weighted by atomic mass is 9.94. The van der Waals surface area contributed by atoms with Gasteiger partial charge in [-0.25, -0.2) is 0 Å². The molecule has 11 heavy (non-hydrogen) atoms. The quantitative estimate of drug-likeness (QED) is 0.559. The van der Waals surface area contributed by atoms with E-state index < -0.39 is 0 Å². The third-order valence-corrected chi connectivity index (χ3v) is 5.02. The van der Waals surface area contributed by atoms with Crippen LogP contribution >= 0.6 is 7.92 Å². The smallest absolute Gasteiger partial charge is 0.0183 e. The molecule has 0 aromatic carbocycles. The molecule has 0 spiro atoms. The highest BCUT2D eigenvalue weighted by Crippen LogP contribution is 2.48. The summed E-state index contributed by atoms with van der Waals surface area (Å²) in [6.45, 7) is 9.67. The molecule has 0 nitrogen and oxygen atoms in total. The van der Waals surface area contributed by atoms with Crippen molar-refractivity contribution in [1.82, 2.24) is 0 Å². The molecule has 0 bridgehead atoms. The van der Waals surface area contributed by atoms with Gasteiger partial charge in [0.2, 0.25) is 0 Å². The third-order valence-electron chi connectivity index (χ3n) is 3.05. The molecule has 0 N–H and O–H groups in total. The second kappa shape index (κ2) is 3.90. The molecule has 0 amide bonds. The Kier molecular flexibility index (Phi) is 3.37. The van der Waals surface area contributed by atoms with Gasteiger partial charge >= 0.3 is 0 Å². The van der Waals surface area contributed by atoms with Gasteiger partial charge in [0, 0.05) is 0 Å². The van der Waals surface area contributed by atoms with Crippen molar-refractivity contribution in [3.8, 4) is 0 Å². The second-order valence-electron chi connectivity index (χ2n) is 4.37. The minimum absolute atomic E-state index is 0.327. The summed E-state index contributed by atoms with van der Waals surface area (Å²) in [5.41, 5.74) is 1.09. The van der Waals surface area contributed by atoms with Crippen molar-refractivity contribution in [1.29, 1.82) is 0 Å². The van der Waals surface area contributed by atoms with Crippen LogP contribution in [0.15, 0.2) is 0 Å². The summed E-state index contributed by atoms with van der Waals surface area (Å²) in [6.07, 6.45) is 4.51. The normalized spacial score (nSPS) is 32.2. The Hall–Kier alpha value is 0.430. The van der Waals surface area contributed by atoms with Crippen molar-refractivity contribution in [3.63, 3.8) is 0 Å². The van der Waals surface area contributed by atoms with Crippen molar-refractivity contribution in [2.24, 2.45) is 11.8 Å². The first kappa shape index (κ1) is 9.52. The second-order valence-corrected chi connectivity index (χ2v) is 6.96. The van der Waals surface area contributed by atoms with Crippen LogP contribution < -0.4 is 0 Å². The molecule has 1 saturated carbocycles. The molecule has 1 aliphatic carbocycles. The van der Waals surface area contributed by atoms with Gasteiger partial charge in [-0.2, -0.15) is 0 Å². The van der Waals surface area contributed by atoms with Crippen LogP contribution in [0.2, 0.25) is 0 Å². The predicted molar refractivity (Wildman–Crippen MR) is 54.7 cm³/mol. The van der Waals surface area contributed by atoms with E-state index in [1.165, 1.54) is 19.3 Å². The molecule has 0 saturated heterocycles. The first-order chi connectivity index (χ1) is 5.13. The fraction of sp³-hybridized carbons (Fsp3) is 1.00. The molecular formula is C10H21P. The van der Waals surface area contributed by atoms with Gasteiger partial charge in [0.1, 0.15) is 0 Å². The van der Waals surface area contributed by atoms with E-state index in [0.29, 0.717) is 7.92 Å². The van der Waals surface area contributed by atoms with Gasteiger partial charge < -0.3 is 0 Å². The Morgan fingerprint density at radius 2 is 1.82 bits per heavy atom. The van der Waals surface area contributed by atoms with E-state index in [0.717, 1.165) is 17.5 Å². The van der Waals surface area contributed by atoms with E-state index in [1.54, 1.807) is 0 Å². The average molecular weight is 172 g/mol. The zero-order chi connectivity index (χ0) is 8.43. The molecule has 2 atom stereocenters. The zero-order valence-electron chi connectivity index (χ0n) is 8.30. The molecule has 0 radical (unpaired) electrons. The lowest BCUT2D eigenvalue weighted by Gasteiger charge is -2.26. The van der Waals surface area contributed by atoms with Gasteiger partial charge in [-0.05, 0) is 43.7 Å². The molecule has 1 aliphatic rings. The van der Waals surface area contributed by atoms with Crippen LogP contribution in [0.25, 0.3) is 0 Å². The number of hydrogen-bond acceptors (Lipinski definition) is 0. The molecule has 0 aromatic heterocycles. The molecule has 0 aromatic rings. The Bertz CT molecular complexity index is 104. The highest BCUT2D eigenvalue weighted by Gasteiger charge is 2.30. The number of hydrogen-bond donors (Lipinski definition) is 0. The Labute approximate surface area is 72.5 Å². The van der Waals surface area contributed by atoms with E-state index in [1.807, 2.05) is 0 Å². The van der Waals surface area contributed by atoms with Gasteiger partial charge in [-0.15, -0.1) is 7.92 Å². The minimum Gasteiger partial charge on any atom is -0.110 e. The van der Waals surface area contributed by atoms with E-state index >= 15 is 0 Å². The molecule has 1 unspecified atom stereocenters. The maximum atomic E-state index is 2.45. The SMILES string of the molecule is CC(C)[C@@H]1CCCC1P(C)C. The maximum absolute atomic E-state index is 2.45. The van der Waals surface area contributed by atoms with Crippen molar-refractivity contribution < 1.29 is 0 Å². The average Bonchev–Trinajstić information content (AvgIpc) is 2.32. The molecular weight excluding hydrogens is 151 g/mol. The Morgan fingerprint density at radius 3 is 2.18 bits per heavy atom. The van der Waals surface area contributed by atoms with Gasteiger partial charge in [0.25, 0.3) is 0 Å². The lowest BCUT2D eigenvalue weighted by molar-refractivity contribution is 0.402. The summed E-state index contributed by atoms with van der Waals surface area (Å²) in [5, 5.41) is 0. The van der Waals surface area contributed by atoms with Gasteiger partial charge in [-0.3, -0.25) is 0 Å². The van der Waals surface area contributed by atoms with Crippen molar-refractivity contribution in [3.05, 3.63) is 0 Å². The summed E-state index contributed by atoms with van der Waals surface area (Å²) >= 11 is 0. The van der Waals surface area contributed by atoms with Crippen LogP contribution in [-0.2, 0) is 0 Å². The standard InChI is InChI=1S/C10H21P/c1-8(2)9-6-5-7-10(9)11(3)4/h8-10H,5-7H2,1-4H3/t9-,10?/m0/s1. The molecule has 1 rings (SSSR count). The molecule has 0 heterocycles. The lowest BCUT2D eigenvalue weighted by Crippen LogP contribution is -2.17. The third kappa shape index (κ3) is 2.18. The van der Waals surface area contributed by atoms with E-state index in [4.69, 9.17) is 0 Å². The Morgan fingerprint density at radius 1 is 1.18 bits per heavy atom.